The first-order valence-electron chi connectivity index (χ1n) is 9.21. The summed E-state index contributed by atoms with van der Waals surface area (Å²) in [5, 5.41) is 15.1. The minimum absolute atomic E-state index is 0.124. The maximum Gasteiger partial charge on any atom is 0.345 e. The van der Waals surface area contributed by atoms with Crippen LogP contribution in [0.4, 0.5) is 5.69 Å². The summed E-state index contributed by atoms with van der Waals surface area (Å²) in [4.78, 5) is 34.6. The Morgan fingerprint density at radius 1 is 1.03 bits per heavy atom. The number of nitrogens with one attached hydrogen (secondary N) is 1. The minimum Gasteiger partial charge on any atom is -0.493 e. The van der Waals surface area contributed by atoms with Crippen molar-refractivity contribution in [3.8, 4) is 11.5 Å². The van der Waals surface area contributed by atoms with Crippen LogP contribution in [0.5, 0.6) is 11.5 Å². The fourth-order valence-electron chi connectivity index (χ4n) is 2.62. The van der Waals surface area contributed by atoms with Crippen LogP contribution in [0.1, 0.15) is 26.3 Å². The number of esters is 1. The third-order valence-electron chi connectivity index (χ3n) is 4.26. The number of halogens is 2. The number of carbonyl (C=O) groups excluding carboxylic acids is 2. The molecule has 3 rings (SSSR count). The van der Waals surface area contributed by atoms with Crippen LogP contribution in [0.2, 0.25) is 10.0 Å². The lowest BCUT2D eigenvalue weighted by Gasteiger charge is -2.10. The normalized spacial score (nSPS) is 10.6. The first-order chi connectivity index (χ1) is 15.8. The quantitative estimate of drug-likeness (QED) is 0.166. The molecule has 0 aromatic heterocycles. The number of nitro groups is 1. The van der Waals surface area contributed by atoms with E-state index in [0.29, 0.717) is 10.6 Å². The SMILES string of the molecule is COc1cc(/C=N/NC(=O)c2ccc([N+](=O)[O-])cc2)ccc1OC(=O)c1ccc(Cl)cc1Cl. The van der Waals surface area contributed by atoms with E-state index >= 15 is 0 Å². The van der Waals surface area contributed by atoms with Crippen molar-refractivity contribution in [2.45, 2.75) is 0 Å². The van der Waals surface area contributed by atoms with Crippen LogP contribution in [0.3, 0.4) is 0 Å². The second-order valence-electron chi connectivity index (χ2n) is 6.43. The third-order valence-corrected chi connectivity index (χ3v) is 4.81. The monoisotopic (exact) mass is 487 g/mol. The van der Waals surface area contributed by atoms with Crippen LogP contribution in [0.15, 0.2) is 65.8 Å². The molecule has 0 saturated heterocycles. The van der Waals surface area contributed by atoms with Crippen molar-refractivity contribution >= 4 is 47.0 Å². The summed E-state index contributed by atoms with van der Waals surface area (Å²) in [6, 6.07) is 14.1. The zero-order valence-corrected chi connectivity index (χ0v) is 18.5. The summed E-state index contributed by atoms with van der Waals surface area (Å²) in [6.45, 7) is 0. The van der Waals surface area contributed by atoms with Crippen LogP contribution in [0, 0.1) is 10.1 Å². The Balaban J connectivity index is 1.67. The minimum atomic E-state index is -0.688. The van der Waals surface area contributed by atoms with E-state index in [1.54, 1.807) is 12.1 Å². The molecule has 3 aromatic rings. The second-order valence-corrected chi connectivity index (χ2v) is 7.27. The summed E-state index contributed by atoms with van der Waals surface area (Å²) >= 11 is 11.9. The second kappa shape index (κ2) is 10.6. The molecular weight excluding hydrogens is 473 g/mol. The van der Waals surface area contributed by atoms with Gasteiger partial charge in [0.1, 0.15) is 0 Å². The Labute approximate surface area is 197 Å². The van der Waals surface area contributed by atoms with Gasteiger partial charge in [-0.1, -0.05) is 23.2 Å². The van der Waals surface area contributed by atoms with Crippen molar-refractivity contribution in [2.75, 3.05) is 7.11 Å². The largest absolute Gasteiger partial charge is 0.493 e. The number of methoxy groups -OCH3 is 1. The van der Waals surface area contributed by atoms with Crippen molar-refractivity contribution in [3.63, 3.8) is 0 Å². The van der Waals surface area contributed by atoms with Gasteiger partial charge >= 0.3 is 5.97 Å². The van der Waals surface area contributed by atoms with E-state index in [0.717, 1.165) is 0 Å². The van der Waals surface area contributed by atoms with Crippen molar-refractivity contribution in [1.82, 2.24) is 5.43 Å². The van der Waals surface area contributed by atoms with Gasteiger partial charge in [0, 0.05) is 22.7 Å². The first-order valence-corrected chi connectivity index (χ1v) is 9.97. The van der Waals surface area contributed by atoms with Gasteiger partial charge in [-0.15, -0.1) is 0 Å². The topological polar surface area (TPSA) is 120 Å². The molecule has 0 bridgehead atoms. The number of non-ortho nitro benzene ring substituents is 1. The van der Waals surface area contributed by atoms with Crippen molar-refractivity contribution in [3.05, 3.63) is 97.5 Å². The van der Waals surface area contributed by atoms with E-state index in [1.165, 1.54) is 61.9 Å². The lowest BCUT2D eigenvalue weighted by atomic mass is 10.2. The molecule has 168 valence electrons. The van der Waals surface area contributed by atoms with E-state index in [4.69, 9.17) is 32.7 Å². The van der Waals surface area contributed by atoms with Gasteiger partial charge in [-0.2, -0.15) is 5.10 Å². The molecular formula is C22H15Cl2N3O6. The van der Waals surface area contributed by atoms with Gasteiger partial charge in [0.25, 0.3) is 11.6 Å². The predicted molar refractivity (Wildman–Crippen MR) is 123 cm³/mol. The summed E-state index contributed by atoms with van der Waals surface area (Å²) < 4.78 is 10.6. The Morgan fingerprint density at radius 3 is 2.39 bits per heavy atom. The zero-order valence-electron chi connectivity index (χ0n) is 17.0. The number of hydrogen-bond acceptors (Lipinski definition) is 7. The number of hydrazone groups is 1. The van der Waals surface area contributed by atoms with Crippen LogP contribution in [0.25, 0.3) is 0 Å². The van der Waals surface area contributed by atoms with Gasteiger partial charge in [-0.05, 0) is 54.1 Å². The lowest BCUT2D eigenvalue weighted by Crippen LogP contribution is -2.17. The zero-order chi connectivity index (χ0) is 24.0. The van der Waals surface area contributed by atoms with Crippen molar-refractivity contribution < 1.29 is 24.0 Å². The first kappa shape index (κ1) is 23.7. The number of nitro benzene ring substituents is 1. The van der Waals surface area contributed by atoms with Gasteiger partial charge in [0.05, 0.1) is 28.8 Å². The molecule has 0 fully saturated rings. The molecule has 11 heteroatoms. The highest BCUT2D eigenvalue weighted by molar-refractivity contribution is 6.36. The summed E-state index contributed by atoms with van der Waals surface area (Å²) in [7, 11) is 1.40. The number of rotatable bonds is 7. The third kappa shape index (κ3) is 6.06. The van der Waals surface area contributed by atoms with Crippen LogP contribution in [-0.4, -0.2) is 30.1 Å². The fraction of sp³-hybridized carbons (Fsp3) is 0.0455. The highest BCUT2D eigenvalue weighted by Crippen LogP contribution is 2.30. The summed E-state index contributed by atoms with van der Waals surface area (Å²) in [5.41, 5.74) is 3.09. The van der Waals surface area contributed by atoms with Gasteiger partial charge in [0.2, 0.25) is 0 Å². The molecule has 0 aliphatic carbocycles. The molecule has 1 N–H and O–H groups in total. The molecule has 9 nitrogen and oxygen atoms in total. The highest BCUT2D eigenvalue weighted by Gasteiger charge is 2.16. The number of hydrogen-bond donors (Lipinski definition) is 1. The molecule has 0 atom stereocenters. The average Bonchev–Trinajstić information content (AvgIpc) is 2.79. The number of amides is 1. The number of benzene rings is 3. The van der Waals surface area contributed by atoms with Crippen LogP contribution in [-0.2, 0) is 0 Å². The smallest absolute Gasteiger partial charge is 0.345 e. The summed E-state index contributed by atoms with van der Waals surface area (Å²) in [5.74, 6) is -0.829. The van der Waals surface area contributed by atoms with E-state index in [2.05, 4.69) is 10.5 Å². The number of nitrogens with zero attached hydrogens (tertiary/aromatic N) is 2. The Hall–Kier alpha value is -3.95. The lowest BCUT2D eigenvalue weighted by molar-refractivity contribution is -0.384. The molecule has 0 heterocycles. The highest BCUT2D eigenvalue weighted by atomic mass is 35.5. The van der Waals surface area contributed by atoms with Crippen LogP contribution >= 0.6 is 23.2 Å². The van der Waals surface area contributed by atoms with E-state index in [1.807, 2.05) is 0 Å². The maximum atomic E-state index is 12.4. The van der Waals surface area contributed by atoms with Gasteiger partial charge < -0.3 is 9.47 Å². The number of carbonyl (C=O) groups is 2. The summed E-state index contributed by atoms with van der Waals surface area (Å²) in [6.07, 6.45) is 1.35. The predicted octanol–water partition coefficient (Wildman–Crippen LogP) is 4.89. The standard InChI is InChI=1S/C22H15Cl2N3O6/c1-32-20-10-13(12-25-26-21(28)14-3-6-16(7-4-14)27(30)31)2-9-19(20)33-22(29)17-8-5-15(23)11-18(17)24/h2-12H,1H3,(H,26,28)/b25-12+. The Kier molecular flexibility index (Phi) is 7.60. The van der Waals surface area contributed by atoms with Crippen molar-refractivity contribution in [1.29, 1.82) is 0 Å². The molecule has 0 spiro atoms. The van der Waals surface area contributed by atoms with Crippen molar-refractivity contribution in [2.24, 2.45) is 5.10 Å². The molecule has 0 radical (unpaired) electrons. The van der Waals surface area contributed by atoms with E-state index < -0.39 is 16.8 Å². The number of ether oxygens (including phenoxy) is 2. The molecule has 33 heavy (non-hydrogen) atoms. The maximum absolute atomic E-state index is 12.4. The van der Waals surface area contributed by atoms with E-state index in [-0.39, 0.29) is 33.3 Å². The Morgan fingerprint density at radius 2 is 1.76 bits per heavy atom. The molecule has 1 amide bonds. The average molecular weight is 488 g/mol. The fourth-order valence-corrected chi connectivity index (χ4v) is 3.11. The molecule has 3 aromatic carbocycles. The van der Waals surface area contributed by atoms with Gasteiger partial charge in [-0.3, -0.25) is 14.9 Å². The van der Waals surface area contributed by atoms with Gasteiger partial charge in [0.15, 0.2) is 11.5 Å². The molecule has 0 aliphatic heterocycles. The molecule has 0 aliphatic rings. The van der Waals surface area contributed by atoms with Crippen LogP contribution < -0.4 is 14.9 Å². The van der Waals surface area contributed by atoms with E-state index in [9.17, 15) is 19.7 Å². The van der Waals surface area contributed by atoms with Gasteiger partial charge in [-0.25, -0.2) is 10.2 Å². The molecule has 0 unspecified atom stereocenters. The Bertz CT molecular complexity index is 1250. The molecule has 0 saturated carbocycles.